The lowest BCUT2D eigenvalue weighted by molar-refractivity contribution is 0.374. The first kappa shape index (κ1) is 11.2. The van der Waals surface area contributed by atoms with Crippen molar-refractivity contribution in [2.24, 2.45) is 0 Å². The highest BCUT2D eigenvalue weighted by molar-refractivity contribution is 6.74. The van der Waals surface area contributed by atoms with Crippen LogP contribution >= 0.6 is 0 Å². The minimum atomic E-state index is -1.15. The van der Waals surface area contributed by atoms with Crippen LogP contribution in [0.2, 0.25) is 12.1 Å². The van der Waals surface area contributed by atoms with Gasteiger partial charge in [0.25, 0.3) is 0 Å². The molecule has 0 aliphatic carbocycles. The number of hydrogen-bond acceptors (Lipinski definition) is 2. The van der Waals surface area contributed by atoms with Crippen LogP contribution in [-0.2, 0) is 0 Å². The van der Waals surface area contributed by atoms with Gasteiger partial charge < -0.3 is 9.13 Å². The van der Waals surface area contributed by atoms with Crippen LogP contribution in [0.25, 0.3) is 0 Å². The van der Waals surface area contributed by atoms with Gasteiger partial charge in [-0.05, 0) is 64.0 Å². The summed E-state index contributed by atoms with van der Waals surface area (Å²) in [6.07, 6.45) is 10.5. The molecule has 92 valence electrons. The van der Waals surface area contributed by atoms with E-state index < -0.39 is 8.40 Å². The van der Waals surface area contributed by atoms with E-state index >= 15 is 0 Å². The first-order chi connectivity index (χ1) is 7.92. The zero-order valence-corrected chi connectivity index (χ0v) is 11.6. The highest BCUT2D eigenvalue weighted by atomic mass is 28.3. The molecule has 3 aliphatic heterocycles. The van der Waals surface area contributed by atoms with Crippen LogP contribution in [0.5, 0.6) is 0 Å². The first-order valence-electron chi connectivity index (χ1n) is 7.42. The summed E-state index contributed by atoms with van der Waals surface area (Å²) < 4.78 is 5.97. The molecule has 0 bridgehead atoms. The molecule has 3 heteroatoms. The molecular weight excluding hydrogens is 212 g/mol. The minimum Gasteiger partial charge on any atom is -0.312 e. The zero-order chi connectivity index (χ0) is 10.8. The molecule has 0 N–H and O–H groups in total. The fraction of sp³-hybridized carbons (Fsp3) is 1.00. The van der Waals surface area contributed by atoms with Gasteiger partial charge in [-0.2, -0.15) is 0 Å². The number of hydrogen-bond donors (Lipinski definition) is 0. The van der Waals surface area contributed by atoms with E-state index in [1.165, 1.54) is 71.1 Å². The molecule has 3 fully saturated rings. The summed E-state index contributed by atoms with van der Waals surface area (Å²) in [4.78, 5) is 0. The van der Waals surface area contributed by atoms with E-state index in [1.54, 1.807) is 12.1 Å². The van der Waals surface area contributed by atoms with Crippen molar-refractivity contribution < 1.29 is 0 Å². The van der Waals surface area contributed by atoms with Crippen LogP contribution < -0.4 is 0 Å². The Balaban J connectivity index is 1.79. The van der Waals surface area contributed by atoms with Crippen molar-refractivity contribution in [1.82, 2.24) is 9.13 Å². The van der Waals surface area contributed by atoms with E-state index in [0.29, 0.717) is 0 Å². The molecule has 0 aromatic carbocycles. The third-order valence-electron chi connectivity index (χ3n) is 5.04. The maximum atomic E-state index is 2.98. The molecule has 0 aromatic rings. The topological polar surface area (TPSA) is 6.48 Å². The lowest BCUT2D eigenvalue weighted by Gasteiger charge is -2.48. The molecule has 0 saturated carbocycles. The molecule has 0 spiro atoms. The van der Waals surface area contributed by atoms with Crippen molar-refractivity contribution in [2.75, 3.05) is 26.2 Å². The number of nitrogens with zero attached hydrogens (tertiary/aromatic N) is 2. The van der Waals surface area contributed by atoms with E-state index in [0.717, 1.165) is 0 Å². The van der Waals surface area contributed by atoms with Gasteiger partial charge in [-0.3, -0.25) is 0 Å². The van der Waals surface area contributed by atoms with E-state index in [4.69, 9.17) is 0 Å². The minimum absolute atomic E-state index is 1.15. The van der Waals surface area contributed by atoms with E-state index in [-0.39, 0.29) is 0 Å². The molecule has 16 heavy (non-hydrogen) atoms. The summed E-state index contributed by atoms with van der Waals surface area (Å²) in [5.74, 6) is 0. The van der Waals surface area contributed by atoms with Crippen molar-refractivity contribution in [2.45, 2.75) is 57.0 Å². The van der Waals surface area contributed by atoms with Crippen molar-refractivity contribution in [3.63, 3.8) is 0 Å². The van der Waals surface area contributed by atoms with Crippen molar-refractivity contribution in [3.05, 3.63) is 0 Å². The normalized spacial score (nSPS) is 32.2. The fourth-order valence-corrected chi connectivity index (χ4v) is 10.1. The largest absolute Gasteiger partial charge is 0.312 e. The fourth-order valence-electron chi connectivity index (χ4n) is 4.22. The van der Waals surface area contributed by atoms with Crippen molar-refractivity contribution in [1.29, 1.82) is 0 Å². The van der Waals surface area contributed by atoms with Gasteiger partial charge in [-0.25, -0.2) is 0 Å². The van der Waals surface area contributed by atoms with Gasteiger partial charge in [-0.1, -0.05) is 19.3 Å². The molecule has 3 heterocycles. The maximum Gasteiger partial charge on any atom is 0.206 e. The SMILES string of the molecule is C1CC[Si](N2CCCC2)(N2CCCC2)CC1. The molecule has 0 aromatic heterocycles. The molecule has 0 amide bonds. The average Bonchev–Trinajstić information content (AvgIpc) is 3.04. The second-order valence-corrected chi connectivity index (χ2v) is 10.2. The summed E-state index contributed by atoms with van der Waals surface area (Å²) in [6, 6.07) is 3.18. The van der Waals surface area contributed by atoms with E-state index in [2.05, 4.69) is 9.13 Å². The predicted molar refractivity (Wildman–Crippen MR) is 70.8 cm³/mol. The lowest BCUT2D eigenvalue weighted by Crippen LogP contribution is -2.64. The highest BCUT2D eigenvalue weighted by Crippen LogP contribution is 2.37. The van der Waals surface area contributed by atoms with Gasteiger partial charge >= 0.3 is 0 Å². The Morgan fingerprint density at radius 3 is 1.38 bits per heavy atom. The summed E-state index contributed by atoms with van der Waals surface area (Å²) >= 11 is 0. The summed E-state index contributed by atoms with van der Waals surface area (Å²) in [6.45, 7) is 5.73. The van der Waals surface area contributed by atoms with Gasteiger partial charge in [0.15, 0.2) is 0 Å². The molecular formula is C13H26N2Si. The lowest BCUT2D eigenvalue weighted by atomic mass is 10.3. The van der Waals surface area contributed by atoms with Crippen LogP contribution in [0, 0.1) is 0 Å². The molecule has 2 nitrogen and oxygen atoms in total. The molecule has 3 saturated heterocycles. The summed E-state index contributed by atoms with van der Waals surface area (Å²) in [7, 11) is -1.15. The standard InChI is InChI=1S/C13H26N2Si/c1-6-12-16(13-7-1,14-8-2-3-9-14)15-10-4-5-11-15/h1-13H2. The van der Waals surface area contributed by atoms with Crippen LogP contribution in [0.1, 0.15) is 44.9 Å². The smallest absolute Gasteiger partial charge is 0.206 e. The average molecular weight is 238 g/mol. The van der Waals surface area contributed by atoms with Crippen molar-refractivity contribution in [3.8, 4) is 0 Å². The Bertz CT molecular complexity index is 208. The third kappa shape index (κ3) is 1.87. The summed E-state index contributed by atoms with van der Waals surface area (Å²) in [5, 5.41) is 0. The second kappa shape index (κ2) is 4.79. The van der Waals surface area contributed by atoms with Gasteiger partial charge in [0.1, 0.15) is 0 Å². The van der Waals surface area contributed by atoms with E-state index in [9.17, 15) is 0 Å². The van der Waals surface area contributed by atoms with E-state index in [1.807, 2.05) is 0 Å². The summed E-state index contributed by atoms with van der Waals surface area (Å²) in [5.41, 5.74) is 0. The second-order valence-electron chi connectivity index (χ2n) is 5.93. The van der Waals surface area contributed by atoms with Crippen molar-refractivity contribution >= 4 is 8.40 Å². The van der Waals surface area contributed by atoms with Crippen LogP contribution in [-0.4, -0.2) is 43.7 Å². The van der Waals surface area contributed by atoms with Gasteiger partial charge in [-0.15, -0.1) is 0 Å². The Morgan fingerprint density at radius 2 is 0.938 bits per heavy atom. The van der Waals surface area contributed by atoms with Gasteiger partial charge in [0.05, 0.1) is 0 Å². The zero-order valence-electron chi connectivity index (χ0n) is 10.6. The Kier molecular flexibility index (Phi) is 3.36. The number of rotatable bonds is 2. The van der Waals surface area contributed by atoms with Crippen LogP contribution in [0.3, 0.4) is 0 Å². The quantitative estimate of drug-likeness (QED) is 0.683. The Labute approximate surface area is 101 Å². The first-order valence-corrected chi connectivity index (χ1v) is 9.73. The Morgan fingerprint density at radius 1 is 0.500 bits per heavy atom. The molecule has 3 rings (SSSR count). The monoisotopic (exact) mass is 238 g/mol. The molecule has 3 aliphatic rings. The van der Waals surface area contributed by atoms with Gasteiger partial charge in [0.2, 0.25) is 8.40 Å². The molecule has 0 unspecified atom stereocenters. The maximum absolute atomic E-state index is 2.98. The Hall–Kier alpha value is 0.137. The molecule has 0 radical (unpaired) electrons. The third-order valence-corrected chi connectivity index (χ3v) is 10.6. The van der Waals surface area contributed by atoms with Gasteiger partial charge in [0, 0.05) is 0 Å². The van der Waals surface area contributed by atoms with Crippen LogP contribution in [0.4, 0.5) is 0 Å². The molecule has 0 atom stereocenters. The predicted octanol–water partition coefficient (Wildman–Crippen LogP) is 2.80. The highest BCUT2D eigenvalue weighted by Gasteiger charge is 2.47. The van der Waals surface area contributed by atoms with Crippen LogP contribution in [0.15, 0.2) is 0 Å².